The number of rotatable bonds is 12. The Kier molecular flexibility index (Phi) is 10.6. The fraction of sp³-hybridized carbons (Fsp3) is 0.667. The minimum atomic E-state index is -1.61. The summed E-state index contributed by atoms with van der Waals surface area (Å²) in [5.74, 6) is -5.94. The van der Waals surface area contributed by atoms with Crippen molar-refractivity contribution in [3.63, 3.8) is 0 Å². The molecule has 0 aromatic heterocycles. The highest BCUT2D eigenvalue weighted by Gasteiger charge is 2.32. The molecule has 4 unspecified atom stereocenters. The van der Waals surface area contributed by atoms with Crippen molar-refractivity contribution in [2.45, 2.75) is 44.8 Å². The van der Waals surface area contributed by atoms with Crippen molar-refractivity contribution in [3.05, 3.63) is 0 Å². The number of aliphatic carboxylic acids is 2. The molecule has 0 rings (SSSR count). The lowest BCUT2D eigenvalue weighted by atomic mass is 9.98. The van der Waals surface area contributed by atoms with Crippen LogP contribution in [0.4, 0.5) is 0 Å². The predicted octanol–water partition coefficient (Wildman–Crippen LogP) is -3.00. The molecular weight excluding hydrogens is 364 g/mol. The van der Waals surface area contributed by atoms with E-state index in [1.165, 1.54) is 0 Å². The number of aliphatic hydroxyl groups excluding tert-OH is 1. The van der Waals surface area contributed by atoms with Crippen LogP contribution in [-0.2, 0) is 24.0 Å². The number of hydrogen-bond donors (Lipinski definition) is 7. The van der Waals surface area contributed by atoms with Crippen molar-refractivity contribution < 1.29 is 39.3 Å². The minimum absolute atomic E-state index is 0.435. The molecular formula is C15H26N4O8. The molecule has 0 aliphatic carbocycles. The van der Waals surface area contributed by atoms with Crippen LogP contribution >= 0.6 is 0 Å². The van der Waals surface area contributed by atoms with Crippen LogP contribution < -0.4 is 21.7 Å². The zero-order chi connectivity index (χ0) is 21.1. The van der Waals surface area contributed by atoms with Gasteiger partial charge in [-0.15, -0.1) is 0 Å². The van der Waals surface area contributed by atoms with E-state index in [0.717, 1.165) is 0 Å². The molecule has 8 N–H and O–H groups in total. The van der Waals surface area contributed by atoms with Crippen LogP contribution in [0.15, 0.2) is 0 Å². The summed E-state index contributed by atoms with van der Waals surface area (Å²) in [5, 5.41) is 33.7. The van der Waals surface area contributed by atoms with E-state index >= 15 is 0 Å². The Balaban J connectivity index is 5.27. The maximum Gasteiger partial charge on any atom is 0.326 e. The molecule has 154 valence electrons. The lowest BCUT2D eigenvalue weighted by molar-refractivity contribution is -0.144. The number of carbonyl (C=O) groups excluding carboxylic acids is 3. The average molecular weight is 390 g/mol. The molecule has 0 aromatic rings. The van der Waals surface area contributed by atoms with Gasteiger partial charge in [0.15, 0.2) is 0 Å². The first-order chi connectivity index (χ1) is 12.6. The van der Waals surface area contributed by atoms with Gasteiger partial charge >= 0.3 is 11.9 Å². The molecule has 0 heterocycles. The summed E-state index contributed by atoms with van der Waals surface area (Å²) in [6, 6.07) is -4.33. The number of amides is 3. The summed E-state index contributed by atoms with van der Waals surface area (Å²) >= 11 is 0. The molecule has 12 heteroatoms. The third kappa shape index (κ3) is 8.46. The van der Waals surface area contributed by atoms with Gasteiger partial charge in [0.1, 0.15) is 18.1 Å². The molecule has 0 saturated carbocycles. The third-order valence-corrected chi connectivity index (χ3v) is 3.81. The van der Waals surface area contributed by atoms with Gasteiger partial charge in [0.25, 0.3) is 0 Å². The van der Waals surface area contributed by atoms with Gasteiger partial charge in [-0.05, 0) is 5.92 Å². The first-order valence-corrected chi connectivity index (χ1v) is 8.22. The standard InChI is InChI=1S/C15H26N4O8/c1-3-7(2)12(15(26)27)19-13(24)8(4-11(22)23)18-14(25)9(6-20)17-10(21)5-16/h7-9,12,20H,3-6,16H2,1-2H3,(H,17,21)(H,18,25)(H,19,24)(H,22,23)(H,26,27). The highest BCUT2D eigenvalue weighted by molar-refractivity contribution is 5.95. The normalized spacial score (nSPS) is 15.0. The first-order valence-electron chi connectivity index (χ1n) is 8.22. The molecule has 0 aliphatic heterocycles. The van der Waals surface area contributed by atoms with Crippen molar-refractivity contribution in [1.29, 1.82) is 0 Å². The Hall–Kier alpha value is -2.73. The van der Waals surface area contributed by atoms with Crippen LogP contribution in [-0.4, -0.2) is 76.3 Å². The number of nitrogens with one attached hydrogen (secondary N) is 3. The second-order valence-electron chi connectivity index (χ2n) is 5.88. The van der Waals surface area contributed by atoms with Gasteiger partial charge in [0.2, 0.25) is 17.7 Å². The van der Waals surface area contributed by atoms with E-state index in [9.17, 15) is 34.2 Å². The largest absolute Gasteiger partial charge is 0.481 e. The molecule has 12 nitrogen and oxygen atoms in total. The first kappa shape index (κ1) is 24.3. The Morgan fingerprint density at radius 2 is 1.52 bits per heavy atom. The van der Waals surface area contributed by atoms with Crippen LogP contribution in [0, 0.1) is 5.92 Å². The summed E-state index contributed by atoms with van der Waals surface area (Å²) in [6.45, 7) is 2.05. The van der Waals surface area contributed by atoms with Gasteiger partial charge in [-0.25, -0.2) is 4.79 Å². The predicted molar refractivity (Wildman–Crippen MR) is 91.3 cm³/mol. The van der Waals surface area contributed by atoms with Crippen molar-refractivity contribution in [2.24, 2.45) is 11.7 Å². The lowest BCUT2D eigenvalue weighted by Crippen LogP contribution is -2.58. The van der Waals surface area contributed by atoms with E-state index in [4.69, 9.17) is 10.8 Å². The number of aliphatic hydroxyl groups is 1. The van der Waals surface area contributed by atoms with E-state index in [1.807, 2.05) is 0 Å². The smallest absolute Gasteiger partial charge is 0.326 e. The summed E-state index contributed by atoms with van der Waals surface area (Å²) in [4.78, 5) is 58.0. The maximum atomic E-state index is 12.3. The topological polar surface area (TPSA) is 208 Å². The quantitative estimate of drug-likeness (QED) is 0.181. The molecule has 0 bridgehead atoms. The second-order valence-corrected chi connectivity index (χ2v) is 5.88. The van der Waals surface area contributed by atoms with Crippen LogP contribution in [0.2, 0.25) is 0 Å². The molecule has 0 aliphatic rings. The van der Waals surface area contributed by atoms with Crippen LogP contribution in [0.25, 0.3) is 0 Å². The minimum Gasteiger partial charge on any atom is -0.481 e. The number of nitrogens with two attached hydrogens (primary N) is 1. The fourth-order valence-electron chi connectivity index (χ4n) is 2.04. The van der Waals surface area contributed by atoms with Gasteiger partial charge in [0.05, 0.1) is 19.6 Å². The van der Waals surface area contributed by atoms with Crippen molar-refractivity contribution >= 4 is 29.7 Å². The Bertz CT molecular complexity index is 568. The molecule has 0 fully saturated rings. The van der Waals surface area contributed by atoms with E-state index in [1.54, 1.807) is 13.8 Å². The number of carboxylic acids is 2. The Labute approximate surface area is 155 Å². The molecule has 0 aromatic carbocycles. The van der Waals surface area contributed by atoms with Crippen molar-refractivity contribution in [1.82, 2.24) is 16.0 Å². The van der Waals surface area contributed by atoms with Gasteiger partial charge < -0.3 is 37.0 Å². The fourth-order valence-corrected chi connectivity index (χ4v) is 2.04. The SMILES string of the molecule is CCC(C)C(NC(=O)C(CC(=O)O)NC(=O)C(CO)NC(=O)CN)C(=O)O. The second kappa shape index (κ2) is 11.8. The third-order valence-electron chi connectivity index (χ3n) is 3.81. The zero-order valence-corrected chi connectivity index (χ0v) is 15.1. The molecule has 4 atom stereocenters. The number of carbonyl (C=O) groups is 5. The summed E-state index contributed by atoms with van der Waals surface area (Å²) < 4.78 is 0. The van der Waals surface area contributed by atoms with Crippen LogP contribution in [0.1, 0.15) is 26.7 Å². The summed E-state index contributed by atoms with van der Waals surface area (Å²) in [7, 11) is 0. The number of hydrogen-bond acceptors (Lipinski definition) is 7. The summed E-state index contributed by atoms with van der Waals surface area (Å²) in [5.41, 5.74) is 5.09. The van der Waals surface area contributed by atoms with E-state index < -0.39 is 73.3 Å². The lowest BCUT2D eigenvalue weighted by Gasteiger charge is -2.25. The summed E-state index contributed by atoms with van der Waals surface area (Å²) in [6.07, 6.45) is -0.391. The molecule has 27 heavy (non-hydrogen) atoms. The van der Waals surface area contributed by atoms with E-state index in [-0.39, 0.29) is 0 Å². The van der Waals surface area contributed by atoms with Gasteiger partial charge in [0, 0.05) is 0 Å². The van der Waals surface area contributed by atoms with E-state index in [0.29, 0.717) is 6.42 Å². The van der Waals surface area contributed by atoms with Crippen LogP contribution in [0.3, 0.4) is 0 Å². The van der Waals surface area contributed by atoms with Gasteiger partial charge in [-0.2, -0.15) is 0 Å². The van der Waals surface area contributed by atoms with Crippen molar-refractivity contribution in [3.8, 4) is 0 Å². The number of carboxylic acid groups (broad SMARTS) is 2. The van der Waals surface area contributed by atoms with Crippen LogP contribution in [0.5, 0.6) is 0 Å². The average Bonchev–Trinajstić information content (AvgIpc) is 2.61. The molecule has 0 radical (unpaired) electrons. The molecule has 0 spiro atoms. The zero-order valence-electron chi connectivity index (χ0n) is 15.1. The highest BCUT2D eigenvalue weighted by Crippen LogP contribution is 2.09. The maximum absolute atomic E-state index is 12.3. The van der Waals surface area contributed by atoms with Gasteiger partial charge in [-0.3, -0.25) is 19.2 Å². The monoisotopic (exact) mass is 390 g/mol. The molecule has 0 saturated heterocycles. The Morgan fingerprint density at radius 3 is 1.93 bits per heavy atom. The highest BCUT2D eigenvalue weighted by atomic mass is 16.4. The van der Waals surface area contributed by atoms with Crippen molar-refractivity contribution in [2.75, 3.05) is 13.2 Å². The van der Waals surface area contributed by atoms with E-state index in [2.05, 4.69) is 16.0 Å². The molecule has 3 amide bonds. The Morgan fingerprint density at radius 1 is 0.963 bits per heavy atom. The van der Waals surface area contributed by atoms with Gasteiger partial charge in [-0.1, -0.05) is 20.3 Å².